The molecule has 1 aliphatic heterocycles. The second-order valence-electron chi connectivity index (χ2n) is 6.69. The van der Waals surface area contributed by atoms with Gasteiger partial charge in [0.1, 0.15) is 4.99 Å². The molecule has 0 atom stereocenters. The number of hydrogen-bond acceptors (Lipinski definition) is 4. The highest BCUT2D eigenvalue weighted by molar-refractivity contribution is 14.1. The average molecular weight is 510 g/mol. The van der Waals surface area contributed by atoms with E-state index in [4.69, 9.17) is 21.7 Å². The standard InChI is InChI=1S/C21H23IN2O3S/c1-14-5-7-16(8-6-14)23-19(25)13-27-20-17(22)11-15(12-18(20)26-2)21(28)24-9-3-4-10-24/h5-8,11-12H,3-4,9-10,13H2,1-2H3,(H,23,25). The van der Waals surface area contributed by atoms with E-state index in [0.717, 1.165) is 38.5 Å². The molecule has 0 unspecified atom stereocenters. The van der Waals surface area contributed by atoms with Gasteiger partial charge in [-0.1, -0.05) is 29.9 Å². The maximum atomic E-state index is 12.2. The number of halogens is 1. The van der Waals surface area contributed by atoms with Crippen molar-refractivity contribution in [3.8, 4) is 11.5 Å². The van der Waals surface area contributed by atoms with Crippen molar-refractivity contribution in [2.24, 2.45) is 0 Å². The summed E-state index contributed by atoms with van der Waals surface area (Å²) in [4.78, 5) is 15.3. The Morgan fingerprint density at radius 1 is 1.21 bits per heavy atom. The number of thiocarbonyl (C=S) groups is 1. The van der Waals surface area contributed by atoms with Crippen LogP contribution in [0.4, 0.5) is 5.69 Å². The van der Waals surface area contributed by atoms with Crippen LogP contribution in [0.25, 0.3) is 0 Å². The van der Waals surface area contributed by atoms with E-state index in [9.17, 15) is 4.79 Å². The lowest BCUT2D eigenvalue weighted by Gasteiger charge is -2.20. The molecule has 0 bridgehead atoms. The molecule has 1 amide bonds. The van der Waals surface area contributed by atoms with Crippen LogP contribution < -0.4 is 14.8 Å². The van der Waals surface area contributed by atoms with Gasteiger partial charge in [0.25, 0.3) is 5.91 Å². The third kappa shape index (κ3) is 5.14. The number of hydrogen-bond donors (Lipinski definition) is 1. The monoisotopic (exact) mass is 510 g/mol. The predicted molar refractivity (Wildman–Crippen MR) is 124 cm³/mol. The van der Waals surface area contributed by atoms with Gasteiger partial charge in [0.2, 0.25) is 0 Å². The topological polar surface area (TPSA) is 50.8 Å². The molecule has 3 rings (SSSR count). The molecule has 148 valence electrons. The van der Waals surface area contributed by atoms with Gasteiger partial charge in [0, 0.05) is 24.3 Å². The summed E-state index contributed by atoms with van der Waals surface area (Å²) in [6.07, 6.45) is 2.34. The fraction of sp³-hybridized carbons (Fsp3) is 0.333. The van der Waals surface area contributed by atoms with Crippen molar-refractivity contribution in [2.45, 2.75) is 19.8 Å². The Kier molecular flexibility index (Phi) is 7.12. The van der Waals surface area contributed by atoms with Crippen molar-refractivity contribution in [2.75, 3.05) is 32.1 Å². The van der Waals surface area contributed by atoms with Crippen LogP contribution in [0.5, 0.6) is 11.5 Å². The summed E-state index contributed by atoms with van der Waals surface area (Å²) in [6.45, 7) is 3.89. The summed E-state index contributed by atoms with van der Waals surface area (Å²) in [7, 11) is 1.59. The van der Waals surface area contributed by atoms with E-state index in [1.807, 2.05) is 43.3 Å². The lowest BCUT2D eigenvalue weighted by Crippen LogP contribution is -2.26. The van der Waals surface area contributed by atoms with Crippen LogP contribution in [0.1, 0.15) is 24.0 Å². The van der Waals surface area contributed by atoms with Gasteiger partial charge in [-0.25, -0.2) is 0 Å². The number of amides is 1. The van der Waals surface area contributed by atoms with Crippen LogP contribution in [-0.2, 0) is 4.79 Å². The summed E-state index contributed by atoms with van der Waals surface area (Å²) < 4.78 is 12.1. The molecule has 1 aliphatic rings. The normalized spacial score (nSPS) is 13.3. The molecule has 1 N–H and O–H groups in total. The molecule has 1 heterocycles. The van der Waals surface area contributed by atoms with Crippen molar-refractivity contribution in [3.05, 3.63) is 51.1 Å². The second-order valence-corrected chi connectivity index (χ2v) is 8.24. The number of carbonyl (C=O) groups is 1. The number of ether oxygens (including phenoxy) is 2. The fourth-order valence-electron chi connectivity index (χ4n) is 3.06. The Balaban J connectivity index is 1.68. The number of methoxy groups -OCH3 is 1. The zero-order valence-corrected chi connectivity index (χ0v) is 18.9. The third-order valence-electron chi connectivity index (χ3n) is 4.55. The van der Waals surface area contributed by atoms with Gasteiger partial charge in [-0.2, -0.15) is 0 Å². The largest absolute Gasteiger partial charge is 0.493 e. The summed E-state index contributed by atoms with van der Waals surface area (Å²) >= 11 is 7.83. The number of carbonyl (C=O) groups excluding carboxylic acids is 1. The van der Waals surface area contributed by atoms with E-state index in [0.29, 0.717) is 11.5 Å². The molecule has 2 aromatic carbocycles. The molecule has 5 nitrogen and oxygen atoms in total. The predicted octanol–water partition coefficient (Wildman–Crippen LogP) is 4.40. The number of anilines is 1. The third-order valence-corrected chi connectivity index (χ3v) is 5.85. The van der Waals surface area contributed by atoms with Crippen LogP contribution >= 0.6 is 34.8 Å². The summed E-state index contributed by atoms with van der Waals surface area (Å²) in [5.74, 6) is 0.903. The molecule has 2 aromatic rings. The minimum Gasteiger partial charge on any atom is -0.493 e. The molecule has 0 saturated carbocycles. The van der Waals surface area contributed by atoms with E-state index < -0.39 is 0 Å². The van der Waals surface area contributed by atoms with Crippen molar-refractivity contribution in [3.63, 3.8) is 0 Å². The highest BCUT2D eigenvalue weighted by Gasteiger charge is 2.20. The van der Waals surface area contributed by atoms with E-state index in [-0.39, 0.29) is 12.5 Å². The first-order valence-electron chi connectivity index (χ1n) is 9.14. The number of rotatable bonds is 6. The second kappa shape index (κ2) is 9.56. The molecule has 0 spiro atoms. The summed E-state index contributed by atoms with van der Waals surface area (Å²) in [5, 5.41) is 2.83. The Labute approximate surface area is 184 Å². The number of nitrogens with one attached hydrogen (secondary N) is 1. The van der Waals surface area contributed by atoms with Crippen molar-refractivity contribution in [1.29, 1.82) is 0 Å². The Morgan fingerprint density at radius 2 is 1.89 bits per heavy atom. The number of likely N-dealkylation sites (tertiary alicyclic amines) is 1. The van der Waals surface area contributed by atoms with Gasteiger partial charge in [-0.15, -0.1) is 0 Å². The van der Waals surface area contributed by atoms with E-state index in [1.165, 1.54) is 12.8 Å². The minimum absolute atomic E-state index is 0.101. The Bertz CT molecular complexity index is 865. The molecule has 1 fully saturated rings. The summed E-state index contributed by atoms with van der Waals surface area (Å²) in [5.41, 5.74) is 2.82. The minimum atomic E-state index is -0.224. The molecule has 28 heavy (non-hydrogen) atoms. The van der Waals surface area contributed by atoms with Gasteiger partial charge >= 0.3 is 0 Å². The molecule has 1 saturated heterocycles. The molecular weight excluding hydrogens is 487 g/mol. The first-order valence-corrected chi connectivity index (χ1v) is 10.6. The summed E-state index contributed by atoms with van der Waals surface area (Å²) in [6, 6.07) is 11.5. The SMILES string of the molecule is COc1cc(C(=S)N2CCCC2)cc(I)c1OCC(=O)Nc1ccc(C)cc1. The maximum Gasteiger partial charge on any atom is 0.262 e. The highest BCUT2D eigenvalue weighted by Crippen LogP contribution is 2.34. The van der Waals surface area contributed by atoms with Crippen LogP contribution in [-0.4, -0.2) is 42.6 Å². The van der Waals surface area contributed by atoms with Crippen LogP contribution in [0, 0.1) is 10.5 Å². The lowest BCUT2D eigenvalue weighted by atomic mass is 10.2. The molecule has 0 radical (unpaired) electrons. The molecule has 0 aliphatic carbocycles. The van der Waals surface area contributed by atoms with Crippen LogP contribution in [0.15, 0.2) is 36.4 Å². The quantitative estimate of drug-likeness (QED) is 0.462. The maximum absolute atomic E-state index is 12.2. The smallest absolute Gasteiger partial charge is 0.262 e. The number of nitrogens with zero attached hydrogens (tertiary/aromatic N) is 1. The molecule has 0 aromatic heterocycles. The van der Waals surface area contributed by atoms with Crippen molar-refractivity contribution in [1.82, 2.24) is 4.90 Å². The van der Waals surface area contributed by atoms with Gasteiger partial charge < -0.3 is 19.7 Å². The van der Waals surface area contributed by atoms with E-state index >= 15 is 0 Å². The number of benzene rings is 2. The zero-order chi connectivity index (χ0) is 20.1. The van der Waals surface area contributed by atoms with Gasteiger partial charge in [0.15, 0.2) is 18.1 Å². The van der Waals surface area contributed by atoms with Gasteiger partial charge in [-0.3, -0.25) is 4.79 Å². The first kappa shape index (κ1) is 20.9. The average Bonchev–Trinajstić information content (AvgIpc) is 3.22. The number of aryl methyl sites for hydroxylation is 1. The highest BCUT2D eigenvalue weighted by atomic mass is 127. The van der Waals surface area contributed by atoms with E-state index in [1.54, 1.807) is 7.11 Å². The van der Waals surface area contributed by atoms with Crippen LogP contribution in [0.2, 0.25) is 0 Å². The van der Waals surface area contributed by atoms with Crippen molar-refractivity contribution >= 4 is 51.4 Å². The zero-order valence-electron chi connectivity index (χ0n) is 16.0. The van der Waals surface area contributed by atoms with Gasteiger partial charge in [-0.05, 0) is 66.6 Å². The first-order chi connectivity index (χ1) is 13.5. The van der Waals surface area contributed by atoms with Gasteiger partial charge in [0.05, 0.1) is 10.7 Å². The molecular formula is C21H23IN2O3S. The van der Waals surface area contributed by atoms with Crippen LogP contribution in [0.3, 0.4) is 0 Å². The lowest BCUT2D eigenvalue weighted by molar-refractivity contribution is -0.118. The Hall–Kier alpha value is -1.87. The van der Waals surface area contributed by atoms with Crippen molar-refractivity contribution < 1.29 is 14.3 Å². The Morgan fingerprint density at radius 3 is 2.54 bits per heavy atom. The molecule has 7 heteroatoms. The fourth-order valence-corrected chi connectivity index (χ4v) is 4.12. The van der Waals surface area contributed by atoms with E-state index in [2.05, 4.69) is 32.8 Å².